The monoisotopic (exact) mass is 252 g/mol. The summed E-state index contributed by atoms with van der Waals surface area (Å²) in [5, 5.41) is 8.57. The summed E-state index contributed by atoms with van der Waals surface area (Å²) >= 11 is 5.46. The molecule has 0 unspecified atom stereocenters. The predicted octanol–water partition coefficient (Wildman–Crippen LogP) is 2.44. The van der Waals surface area contributed by atoms with Crippen molar-refractivity contribution in [3.05, 3.63) is 41.0 Å². The van der Waals surface area contributed by atoms with Crippen LogP contribution >= 0.6 is 11.6 Å². The first kappa shape index (κ1) is 13.5. The van der Waals surface area contributed by atoms with E-state index >= 15 is 0 Å². The Morgan fingerprint density at radius 2 is 2.12 bits per heavy atom. The molecule has 0 heterocycles. The van der Waals surface area contributed by atoms with Crippen LogP contribution in [-0.2, 0) is 16.0 Å². The summed E-state index contributed by atoms with van der Waals surface area (Å²) < 4.78 is 0. The molecule has 0 aromatic heterocycles. The van der Waals surface area contributed by atoms with Crippen molar-refractivity contribution in [3.8, 4) is 0 Å². The van der Waals surface area contributed by atoms with E-state index in [1.54, 1.807) is 6.07 Å². The number of halogens is 1. The van der Waals surface area contributed by atoms with Crippen LogP contribution in [0.1, 0.15) is 16.7 Å². The third kappa shape index (κ3) is 4.41. The number of rotatable bonds is 5. The van der Waals surface area contributed by atoms with Crippen molar-refractivity contribution in [2.45, 2.75) is 13.3 Å². The van der Waals surface area contributed by atoms with Gasteiger partial charge in [0, 0.05) is 12.5 Å². The minimum atomic E-state index is -1.01. The zero-order chi connectivity index (χ0) is 12.8. The molecule has 0 atom stereocenters. The van der Waals surface area contributed by atoms with E-state index in [9.17, 15) is 9.59 Å². The number of carboxylic acid groups (broad SMARTS) is 1. The fourth-order valence-electron chi connectivity index (χ4n) is 1.47. The molecular weight excluding hydrogens is 240 g/mol. The summed E-state index contributed by atoms with van der Waals surface area (Å²) in [7, 11) is 0. The van der Waals surface area contributed by atoms with Gasteiger partial charge in [-0.1, -0.05) is 23.8 Å². The van der Waals surface area contributed by atoms with Gasteiger partial charge >= 0.3 is 5.97 Å². The van der Waals surface area contributed by atoms with Gasteiger partial charge < -0.3 is 5.11 Å². The van der Waals surface area contributed by atoms with E-state index in [0.717, 1.165) is 22.8 Å². The summed E-state index contributed by atoms with van der Waals surface area (Å²) in [4.78, 5) is 21.8. The molecule has 0 aliphatic heterocycles. The van der Waals surface area contributed by atoms with Crippen molar-refractivity contribution >= 4 is 29.4 Å². The molecule has 0 spiro atoms. The van der Waals surface area contributed by atoms with Crippen molar-refractivity contribution in [1.29, 1.82) is 0 Å². The van der Waals surface area contributed by atoms with E-state index in [2.05, 4.69) is 0 Å². The highest BCUT2D eigenvalue weighted by atomic mass is 35.5. The Balaban J connectivity index is 3.03. The maximum absolute atomic E-state index is 11.3. The molecular formula is C13H13ClO3. The van der Waals surface area contributed by atoms with Gasteiger partial charge in [0.2, 0.25) is 0 Å². The van der Waals surface area contributed by atoms with Crippen LogP contribution in [0.3, 0.4) is 0 Å². The lowest BCUT2D eigenvalue weighted by Gasteiger charge is -2.05. The average Bonchev–Trinajstić information content (AvgIpc) is 2.27. The molecule has 0 aliphatic carbocycles. The van der Waals surface area contributed by atoms with Gasteiger partial charge in [0.05, 0.1) is 5.88 Å². The third-order valence-electron chi connectivity index (χ3n) is 2.24. The van der Waals surface area contributed by atoms with Gasteiger partial charge in [-0.3, -0.25) is 4.79 Å². The highest BCUT2D eigenvalue weighted by Gasteiger charge is 2.06. The van der Waals surface area contributed by atoms with Crippen LogP contribution in [-0.4, -0.2) is 22.7 Å². The Labute approximate surface area is 105 Å². The number of carbonyl (C=O) groups is 2. The second-order valence-corrected chi connectivity index (χ2v) is 3.99. The lowest BCUT2D eigenvalue weighted by Crippen LogP contribution is -2.05. The van der Waals surface area contributed by atoms with Crippen LogP contribution in [0.4, 0.5) is 0 Å². The number of ketones is 1. The molecule has 1 aromatic rings. The van der Waals surface area contributed by atoms with Gasteiger partial charge in [-0.05, 0) is 24.1 Å². The van der Waals surface area contributed by atoms with E-state index in [4.69, 9.17) is 16.7 Å². The van der Waals surface area contributed by atoms with E-state index < -0.39 is 5.97 Å². The molecule has 0 bridgehead atoms. The lowest BCUT2D eigenvalue weighted by atomic mass is 10.00. The second-order valence-electron chi connectivity index (χ2n) is 3.72. The highest BCUT2D eigenvalue weighted by Crippen LogP contribution is 2.15. The van der Waals surface area contributed by atoms with Crippen LogP contribution in [0.25, 0.3) is 6.08 Å². The maximum Gasteiger partial charge on any atom is 0.328 e. The van der Waals surface area contributed by atoms with Gasteiger partial charge in [-0.25, -0.2) is 4.79 Å². The Bertz CT molecular complexity index is 464. The topological polar surface area (TPSA) is 54.4 Å². The number of hydrogen-bond acceptors (Lipinski definition) is 2. The van der Waals surface area contributed by atoms with Gasteiger partial charge in [0.15, 0.2) is 5.78 Å². The van der Waals surface area contributed by atoms with Gasteiger partial charge in [-0.2, -0.15) is 0 Å². The minimum absolute atomic E-state index is 0.0317. The number of carbonyl (C=O) groups excluding carboxylic acids is 1. The Morgan fingerprint density at radius 1 is 1.41 bits per heavy atom. The molecule has 0 fully saturated rings. The molecule has 17 heavy (non-hydrogen) atoms. The summed E-state index contributed by atoms with van der Waals surface area (Å²) in [6, 6.07) is 5.54. The predicted molar refractivity (Wildman–Crippen MR) is 67.3 cm³/mol. The lowest BCUT2D eigenvalue weighted by molar-refractivity contribution is -0.131. The first-order valence-electron chi connectivity index (χ1n) is 5.11. The van der Waals surface area contributed by atoms with Crippen LogP contribution in [0.5, 0.6) is 0 Å². The summed E-state index contributed by atoms with van der Waals surface area (Å²) in [6.45, 7) is 1.92. The fourth-order valence-corrected chi connectivity index (χ4v) is 1.57. The van der Waals surface area contributed by atoms with Crippen LogP contribution < -0.4 is 0 Å². The number of hydrogen-bond donors (Lipinski definition) is 1. The van der Waals surface area contributed by atoms with E-state index in [-0.39, 0.29) is 18.1 Å². The van der Waals surface area contributed by atoms with E-state index in [1.165, 1.54) is 6.08 Å². The van der Waals surface area contributed by atoms with Crippen molar-refractivity contribution < 1.29 is 14.7 Å². The first-order valence-corrected chi connectivity index (χ1v) is 5.64. The number of aryl methyl sites for hydroxylation is 1. The van der Waals surface area contributed by atoms with E-state index in [0.29, 0.717) is 0 Å². The van der Waals surface area contributed by atoms with Crippen molar-refractivity contribution in [2.24, 2.45) is 0 Å². The number of aliphatic carboxylic acids is 1. The Hall–Kier alpha value is -1.61. The maximum atomic E-state index is 11.3. The molecule has 0 saturated heterocycles. The zero-order valence-corrected chi connectivity index (χ0v) is 10.2. The number of Topliss-reactive ketones (excluding diaryl/α,β-unsaturated/α-hetero) is 1. The van der Waals surface area contributed by atoms with Gasteiger partial charge in [-0.15, -0.1) is 11.6 Å². The number of alkyl halides is 1. The molecule has 4 heteroatoms. The van der Waals surface area contributed by atoms with Crippen LogP contribution in [0.15, 0.2) is 24.3 Å². The summed E-state index contributed by atoms with van der Waals surface area (Å²) in [5.74, 6) is -1.13. The quantitative estimate of drug-likeness (QED) is 0.647. The Morgan fingerprint density at radius 3 is 2.71 bits per heavy atom. The minimum Gasteiger partial charge on any atom is -0.478 e. The number of carboxylic acids is 1. The van der Waals surface area contributed by atoms with Crippen LogP contribution in [0.2, 0.25) is 0 Å². The van der Waals surface area contributed by atoms with Crippen molar-refractivity contribution in [3.63, 3.8) is 0 Å². The zero-order valence-electron chi connectivity index (χ0n) is 9.44. The van der Waals surface area contributed by atoms with E-state index in [1.807, 2.05) is 19.1 Å². The third-order valence-corrected chi connectivity index (χ3v) is 2.54. The largest absolute Gasteiger partial charge is 0.478 e. The van der Waals surface area contributed by atoms with Crippen molar-refractivity contribution in [2.75, 3.05) is 5.88 Å². The molecule has 0 amide bonds. The molecule has 1 rings (SSSR count). The Kier molecular flexibility index (Phi) is 4.91. The summed E-state index contributed by atoms with van der Waals surface area (Å²) in [5.41, 5.74) is 2.56. The summed E-state index contributed by atoms with van der Waals surface area (Å²) in [6.07, 6.45) is 2.77. The molecule has 0 radical (unpaired) electrons. The molecule has 0 saturated carbocycles. The molecule has 0 aliphatic rings. The molecule has 90 valence electrons. The molecule has 1 aromatic carbocycles. The highest BCUT2D eigenvalue weighted by molar-refractivity contribution is 6.27. The fraction of sp³-hybridized carbons (Fsp3) is 0.231. The molecule has 1 N–H and O–H groups in total. The smallest absolute Gasteiger partial charge is 0.328 e. The van der Waals surface area contributed by atoms with Crippen molar-refractivity contribution in [1.82, 2.24) is 0 Å². The van der Waals surface area contributed by atoms with Crippen LogP contribution in [0, 0.1) is 6.92 Å². The normalized spacial score (nSPS) is 10.7. The molecule has 3 nitrogen and oxygen atoms in total. The van der Waals surface area contributed by atoms with Gasteiger partial charge in [0.1, 0.15) is 0 Å². The average molecular weight is 253 g/mol. The first-order chi connectivity index (χ1) is 8.02. The SMILES string of the molecule is Cc1ccc(/C=C/C(=O)O)c(CC(=O)CCl)c1. The second kappa shape index (κ2) is 6.21. The standard InChI is InChI=1S/C13H13ClO3/c1-9-2-3-10(4-5-13(16)17)11(6-9)7-12(15)8-14/h2-6H,7-8H2,1H3,(H,16,17)/b5-4+. The number of benzene rings is 1. The van der Waals surface area contributed by atoms with Gasteiger partial charge in [0.25, 0.3) is 0 Å².